The van der Waals surface area contributed by atoms with E-state index >= 15 is 0 Å². The van der Waals surface area contributed by atoms with Crippen molar-refractivity contribution in [1.29, 1.82) is 0 Å². The van der Waals surface area contributed by atoms with Gasteiger partial charge in [0, 0.05) is 6.61 Å². The predicted molar refractivity (Wildman–Crippen MR) is 24.2 cm³/mol. The molecule has 0 aromatic heterocycles. The maximum atomic E-state index is 9.95. The molecule has 1 rings (SSSR count). The average Bonchev–Trinajstić information content (AvgIpc) is 2.43. The Labute approximate surface area is 42.8 Å². The SMILES string of the molecule is [O]CC1CC1CO. The van der Waals surface area contributed by atoms with Crippen LogP contribution in [0.15, 0.2) is 0 Å². The molecule has 0 bridgehead atoms. The molecule has 0 aliphatic heterocycles. The van der Waals surface area contributed by atoms with Crippen molar-refractivity contribution >= 4 is 0 Å². The van der Waals surface area contributed by atoms with Gasteiger partial charge in [0.25, 0.3) is 0 Å². The van der Waals surface area contributed by atoms with Gasteiger partial charge in [0.1, 0.15) is 0 Å². The van der Waals surface area contributed by atoms with E-state index in [1.54, 1.807) is 0 Å². The summed E-state index contributed by atoms with van der Waals surface area (Å²) < 4.78 is 0. The Balaban J connectivity index is 2.06. The van der Waals surface area contributed by atoms with E-state index in [4.69, 9.17) is 5.11 Å². The summed E-state index contributed by atoms with van der Waals surface area (Å²) in [6.07, 6.45) is 0.958. The highest BCUT2D eigenvalue weighted by Crippen LogP contribution is 2.36. The molecule has 0 spiro atoms. The summed E-state index contributed by atoms with van der Waals surface area (Å²) in [5.41, 5.74) is 0. The lowest BCUT2D eigenvalue weighted by atomic mass is 10.3. The molecule has 2 heteroatoms. The molecular weight excluding hydrogens is 92.1 g/mol. The first-order valence-electron chi connectivity index (χ1n) is 2.57. The van der Waals surface area contributed by atoms with Gasteiger partial charge in [-0.05, 0) is 18.3 Å². The Morgan fingerprint density at radius 1 is 1.57 bits per heavy atom. The zero-order valence-corrected chi connectivity index (χ0v) is 4.13. The number of hydrogen-bond donors (Lipinski definition) is 1. The molecule has 0 heterocycles. The standard InChI is InChI=1S/C5H9O2/c6-2-4-1-5(4)3-7/h4-6H,1-3H2. The van der Waals surface area contributed by atoms with Gasteiger partial charge < -0.3 is 5.11 Å². The zero-order chi connectivity index (χ0) is 5.28. The predicted octanol–water partition coefficient (Wildman–Crippen LogP) is 0.0453. The van der Waals surface area contributed by atoms with Crippen molar-refractivity contribution in [3.05, 3.63) is 0 Å². The zero-order valence-electron chi connectivity index (χ0n) is 4.13. The van der Waals surface area contributed by atoms with Crippen LogP contribution in [0.2, 0.25) is 0 Å². The summed E-state index contributed by atoms with van der Waals surface area (Å²) in [6.45, 7) is 0.220. The van der Waals surface area contributed by atoms with E-state index in [2.05, 4.69) is 0 Å². The Morgan fingerprint density at radius 3 is 2.43 bits per heavy atom. The number of aliphatic hydroxyl groups excluding tert-OH is 1. The molecule has 0 amide bonds. The molecule has 2 nitrogen and oxygen atoms in total. The van der Waals surface area contributed by atoms with E-state index < -0.39 is 0 Å². The number of aliphatic hydroxyl groups is 1. The molecular formula is C5H9O2. The van der Waals surface area contributed by atoms with E-state index in [0.29, 0.717) is 11.8 Å². The third kappa shape index (κ3) is 0.924. The van der Waals surface area contributed by atoms with E-state index in [1.165, 1.54) is 0 Å². The summed E-state index contributed by atoms with van der Waals surface area (Å²) >= 11 is 0. The lowest BCUT2D eigenvalue weighted by Crippen LogP contribution is -1.90. The first-order valence-corrected chi connectivity index (χ1v) is 2.57. The largest absolute Gasteiger partial charge is 0.396 e. The monoisotopic (exact) mass is 101 g/mol. The minimum Gasteiger partial charge on any atom is -0.396 e. The lowest BCUT2D eigenvalue weighted by molar-refractivity contribution is 0.164. The second-order valence-corrected chi connectivity index (χ2v) is 2.11. The highest BCUT2D eigenvalue weighted by Gasteiger charge is 2.35. The topological polar surface area (TPSA) is 40.1 Å². The van der Waals surface area contributed by atoms with Crippen molar-refractivity contribution < 1.29 is 10.2 Å². The van der Waals surface area contributed by atoms with Crippen LogP contribution < -0.4 is 0 Å². The van der Waals surface area contributed by atoms with Crippen LogP contribution in [0.5, 0.6) is 0 Å². The highest BCUT2D eigenvalue weighted by atomic mass is 16.3. The molecule has 7 heavy (non-hydrogen) atoms. The Morgan fingerprint density at radius 2 is 2.29 bits per heavy atom. The van der Waals surface area contributed by atoms with Gasteiger partial charge in [-0.1, -0.05) is 0 Å². The molecule has 0 aromatic rings. The minimum absolute atomic E-state index is 0.00519. The van der Waals surface area contributed by atoms with E-state index in [9.17, 15) is 5.11 Å². The van der Waals surface area contributed by atoms with E-state index in [1.807, 2.05) is 0 Å². The molecule has 1 saturated carbocycles. The van der Waals surface area contributed by atoms with Gasteiger partial charge >= 0.3 is 0 Å². The average molecular weight is 101 g/mol. The molecule has 2 atom stereocenters. The van der Waals surface area contributed by atoms with Crippen LogP contribution >= 0.6 is 0 Å². The quantitative estimate of drug-likeness (QED) is 0.524. The third-order valence-corrected chi connectivity index (χ3v) is 1.52. The van der Waals surface area contributed by atoms with Crippen molar-refractivity contribution in [2.45, 2.75) is 6.42 Å². The second-order valence-electron chi connectivity index (χ2n) is 2.11. The molecule has 0 saturated heterocycles. The van der Waals surface area contributed by atoms with Gasteiger partial charge in [-0.15, -0.1) is 0 Å². The van der Waals surface area contributed by atoms with Gasteiger partial charge in [-0.2, -0.15) is 0 Å². The van der Waals surface area contributed by atoms with Gasteiger partial charge in [-0.3, -0.25) is 0 Å². The Hall–Kier alpha value is -0.0800. The van der Waals surface area contributed by atoms with Crippen molar-refractivity contribution in [2.75, 3.05) is 13.2 Å². The van der Waals surface area contributed by atoms with Crippen LogP contribution in [0, 0.1) is 11.8 Å². The fourth-order valence-corrected chi connectivity index (χ4v) is 0.738. The maximum Gasteiger partial charge on any atom is 0.0854 e. The van der Waals surface area contributed by atoms with Gasteiger partial charge in [0.15, 0.2) is 0 Å². The maximum absolute atomic E-state index is 9.95. The summed E-state index contributed by atoms with van der Waals surface area (Å²) in [5.74, 6) is 0.669. The Bertz CT molecular complexity index is 55.1. The fourth-order valence-electron chi connectivity index (χ4n) is 0.738. The van der Waals surface area contributed by atoms with E-state index in [0.717, 1.165) is 6.42 Å². The van der Waals surface area contributed by atoms with Crippen molar-refractivity contribution in [2.24, 2.45) is 11.8 Å². The first-order chi connectivity index (χ1) is 3.38. The van der Waals surface area contributed by atoms with Crippen molar-refractivity contribution in [3.8, 4) is 0 Å². The van der Waals surface area contributed by atoms with Crippen LogP contribution in [0.1, 0.15) is 6.42 Å². The highest BCUT2D eigenvalue weighted by molar-refractivity contribution is 4.84. The van der Waals surface area contributed by atoms with Crippen molar-refractivity contribution in [3.63, 3.8) is 0 Å². The molecule has 41 valence electrons. The summed E-state index contributed by atoms with van der Waals surface area (Å²) in [4.78, 5) is 0. The number of hydrogen-bond acceptors (Lipinski definition) is 1. The smallest absolute Gasteiger partial charge is 0.0854 e. The summed E-state index contributed by atoms with van der Waals surface area (Å²) in [7, 11) is 0. The molecule has 1 aliphatic carbocycles. The Kier molecular flexibility index (Phi) is 1.30. The lowest BCUT2D eigenvalue weighted by Gasteiger charge is -1.83. The molecule has 1 N–H and O–H groups in total. The molecule has 0 aromatic carbocycles. The molecule has 2 unspecified atom stereocenters. The van der Waals surface area contributed by atoms with Crippen LogP contribution in [0.25, 0.3) is 0 Å². The third-order valence-electron chi connectivity index (χ3n) is 1.52. The molecule has 1 aliphatic rings. The normalized spacial score (nSPS) is 38.6. The van der Waals surface area contributed by atoms with Gasteiger partial charge in [0.05, 0.1) is 6.61 Å². The minimum atomic E-state index is 0.00519. The molecule has 1 radical (unpaired) electrons. The van der Waals surface area contributed by atoms with Crippen molar-refractivity contribution in [1.82, 2.24) is 0 Å². The summed E-state index contributed by atoms with van der Waals surface area (Å²) in [5, 5.41) is 18.3. The van der Waals surface area contributed by atoms with Crippen LogP contribution in [-0.2, 0) is 5.11 Å². The summed E-state index contributed by atoms with van der Waals surface area (Å²) in [6, 6.07) is 0. The first kappa shape index (κ1) is 5.06. The van der Waals surface area contributed by atoms with Gasteiger partial charge in [-0.25, -0.2) is 5.11 Å². The fraction of sp³-hybridized carbons (Fsp3) is 1.00. The van der Waals surface area contributed by atoms with Crippen LogP contribution in [-0.4, -0.2) is 18.3 Å². The molecule has 1 fully saturated rings. The second kappa shape index (κ2) is 1.80. The van der Waals surface area contributed by atoms with E-state index in [-0.39, 0.29) is 13.2 Å². The van der Waals surface area contributed by atoms with Crippen LogP contribution in [0.3, 0.4) is 0 Å². The van der Waals surface area contributed by atoms with Crippen LogP contribution in [0.4, 0.5) is 0 Å². The number of rotatable bonds is 2. The van der Waals surface area contributed by atoms with Gasteiger partial charge in [0.2, 0.25) is 0 Å².